The van der Waals surface area contributed by atoms with E-state index in [1.807, 2.05) is 70.1 Å². The summed E-state index contributed by atoms with van der Waals surface area (Å²) < 4.78 is 3.99. The van der Waals surface area contributed by atoms with Gasteiger partial charge in [0.2, 0.25) is 0 Å². The van der Waals surface area contributed by atoms with Gasteiger partial charge in [0.05, 0.1) is 19.3 Å². The number of aromatic nitrogens is 4. The molecule has 0 unspecified atom stereocenters. The number of carbonyl (C=O) groups excluding carboxylic acids is 1. The highest BCUT2D eigenvalue weighted by atomic mass is 16.3. The van der Waals surface area contributed by atoms with Crippen LogP contribution in [0, 0.1) is 0 Å². The fraction of sp³-hybridized carbons (Fsp3) is 0.136. The second kappa shape index (κ2) is 9.99. The third kappa shape index (κ3) is 5.75. The molecule has 0 amide bonds. The summed E-state index contributed by atoms with van der Waals surface area (Å²) in [6.07, 6.45) is 11.8. The quantitative estimate of drug-likeness (QED) is 0.526. The standard InChI is InChI=1S/C11H12N2O.C11H10N2O/c2*14-8-11-3-1-10(2-4-11)7-13-6-5-12-9-13/h1-6,9,14H,7-8H2;1-6,8-9H,7H2. The first kappa shape index (κ1) is 19.3. The van der Waals surface area contributed by atoms with Crippen LogP contribution in [-0.2, 0) is 19.7 Å². The Bertz CT molecular complexity index is 945. The average Bonchev–Trinajstić information content (AvgIpc) is 3.44. The maximum Gasteiger partial charge on any atom is 0.150 e. The van der Waals surface area contributed by atoms with Gasteiger partial charge >= 0.3 is 0 Å². The van der Waals surface area contributed by atoms with Crippen molar-refractivity contribution in [1.29, 1.82) is 0 Å². The molecular formula is C22H22N4O2. The van der Waals surface area contributed by atoms with Gasteiger partial charge in [-0.3, -0.25) is 4.79 Å². The van der Waals surface area contributed by atoms with E-state index in [0.717, 1.165) is 30.5 Å². The summed E-state index contributed by atoms with van der Waals surface area (Å²) in [6, 6.07) is 15.4. The van der Waals surface area contributed by atoms with Gasteiger partial charge in [0.1, 0.15) is 6.29 Å². The third-order valence-electron chi connectivity index (χ3n) is 4.17. The minimum absolute atomic E-state index is 0.103. The van der Waals surface area contributed by atoms with Crippen LogP contribution in [0.5, 0.6) is 0 Å². The monoisotopic (exact) mass is 374 g/mol. The van der Waals surface area contributed by atoms with E-state index >= 15 is 0 Å². The molecule has 2 heterocycles. The molecule has 2 aromatic carbocycles. The summed E-state index contributed by atoms with van der Waals surface area (Å²) in [7, 11) is 0. The molecular weight excluding hydrogens is 352 g/mol. The van der Waals surface area contributed by atoms with Gasteiger partial charge in [-0.15, -0.1) is 0 Å². The van der Waals surface area contributed by atoms with E-state index in [0.29, 0.717) is 5.56 Å². The summed E-state index contributed by atoms with van der Waals surface area (Å²) in [5, 5.41) is 8.87. The Hall–Kier alpha value is -3.51. The SMILES string of the molecule is O=Cc1ccc(Cn2ccnc2)cc1.OCc1ccc(Cn2ccnc2)cc1. The Kier molecular flexibility index (Phi) is 6.87. The zero-order valence-corrected chi connectivity index (χ0v) is 15.4. The first-order valence-corrected chi connectivity index (χ1v) is 8.91. The molecule has 0 atom stereocenters. The Morgan fingerprint density at radius 1 is 0.750 bits per heavy atom. The zero-order chi connectivity index (χ0) is 19.6. The molecule has 4 aromatic rings. The number of nitrogens with zero attached hydrogens (tertiary/aromatic N) is 4. The predicted octanol–water partition coefficient (Wildman–Crippen LogP) is 3.17. The van der Waals surface area contributed by atoms with Crippen molar-refractivity contribution in [2.45, 2.75) is 19.7 Å². The van der Waals surface area contributed by atoms with E-state index in [9.17, 15) is 4.79 Å². The highest BCUT2D eigenvalue weighted by molar-refractivity contribution is 5.74. The Labute approximate surface area is 163 Å². The van der Waals surface area contributed by atoms with E-state index in [1.165, 1.54) is 5.56 Å². The van der Waals surface area contributed by atoms with Gasteiger partial charge in [0.15, 0.2) is 0 Å². The molecule has 0 aliphatic carbocycles. The summed E-state index contributed by atoms with van der Waals surface area (Å²) >= 11 is 0. The number of rotatable bonds is 6. The Morgan fingerprint density at radius 3 is 1.61 bits per heavy atom. The first-order valence-electron chi connectivity index (χ1n) is 8.91. The molecule has 2 aromatic heterocycles. The van der Waals surface area contributed by atoms with Gasteiger partial charge in [0.25, 0.3) is 0 Å². The maximum absolute atomic E-state index is 10.4. The Morgan fingerprint density at radius 2 is 1.21 bits per heavy atom. The normalized spacial score (nSPS) is 10.2. The molecule has 0 aliphatic heterocycles. The van der Waals surface area contributed by atoms with Crippen LogP contribution < -0.4 is 0 Å². The minimum Gasteiger partial charge on any atom is -0.392 e. The summed E-state index contributed by atoms with van der Waals surface area (Å²) in [6.45, 7) is 1.72. The highest BCUT2D eigenvalue weighted by Crippen LogP contribution is 2.06. The van der Waals surface area contributed by atoms with Crippen molar-refractivity contribution < 1.29 is 9.90 Å². The number of imidazole rings is 2. The topological polar surface area (TPSA) is 72.9 Å². The van der Waals surface area contributed by atoms with Gasteiger partial charge in [-0.05, 0) is 16.7 Å². The highest BCUT2D eigenvalue weighted by Gasteiger charge is 1.95. The number of aliphatic hydroxyl groups is 1. The minimum atomic E-state index is 0.103. The molecule has 0 aliphatic rings. The molecule has 0 fully saturated rings. The molecule has 6 nitrogen and oxygen atoms in total. The van der Waals surface area contributed by atoms with E-state index in [1.54, 1.807) is 25.0 Å². The largest absolute Gasteiger partial charge is 0.392 e. The predicted molar refractivity (Wildman–Crippen MR) is 107 cm³/mol. The molecule has 0 saturated carbocycles. The molecule has 0 radical (unpaired) electrons. The summed E-state index contributed by atoms with van der Waals surface area (Å²) in [5.41, 5.74) is 4.02. The Balaban J connectivity index is 0.000000161. The number of hydrogen-bond donors (Lipinski definition) is 1. The van der Waals surface area contributed by atoms with Gasteiger partial charge in [-0.25, -0.2) is 9.97 Å². The zero-order valence-electron chi connectivity index (χ0n) is 15.4. The van der Waals surface area contributed by atoms with E-state index < -0.39 is 0 Å². The molecule has 0 bridgehead atoms. The van der Waals surface area contributed by atoms with Crippen LogP contribution >= 0.6 is 0 Å². The number of benzene rings is 2. The lowest BCUT2D eigenvalue weighted by Crippen LogP contribution is -1.96. The molecule has 0 spiro atoms. The molecule has 142 valence electrons. The van der Waals surface area contributed by atoms with Crippen molar-refractivity contribution in [3.63, 3.8) is 0 Å². The molecule has 28 heavy (non-hydrogen) atoms. The van der Waals surface area contributed by atoms with Gasteiger partial charge in [0, 0.05) is 43.4 Å². The first-order chi connectivity index (χ1) is 13.8. The molecule has 1 N–H and O–H groups in total. The van der Waals surface area contributed by atoms with Crippen LogP contribution in [-0.4, -0.2) is 30.5 Å². The van der Waals surface area contributed by atoms with Crippen molar-refractivity contribution in [1.82, 2.24) is 19.1 Å². The van der Waals surface area contributed by atoms with Crippen molar-refractivity contribution >= 4 is 6.29 Å². The van der Waals surface area contributed by atoms with Crippen LogP contribution in [0.4, 0.5) is 0 Å². The van der Waals surface area contributed by atoms with Crippen molar-refractivity contribution in [2.24, 2.45) is 0 Å². The fourth-order valence-corrected chi connectivity index (χ4v) is 2.63. The van der Waals surface area contributed by atoms with E-state index in [2.05, 4.69) is 9.97 Å². The molecule has 0 saturated heterocycles. The van der Waals surface area contributed by atoms with Crippen molar-refractivity contribution in [3.8, 4) is 0 Å². The van der Waals surface area contributed by atoms with E-state index in [-0.39, 0.29) is 6.61 Å². The summed E-state index contributed by atoms with van der Waals surface area (Å²) in [4.78, 5) is 18.4. The lowest BCUT2D eigenvalue weighted by atomic mass is 10.1. The average molecular weight is 374 g/mol. The van der Waals surface area contributed by atoms with Crippen molar-refractivity contribution in [2.75, 3.05) is 0 Å². The summed E-state index contributed by atoms with van der Waals surface area (Å²) in [5.74, 6) is 0. The second-order valence-corrected chi connectivity index (χ2v) is 6.30. The fourth-order valence-electron chi connectivity index (χ4n) is 2.63. The second-order valence-electron chi connectivity index (χ2n) is 6.30. The smallest absolute Gasteiger partial charge is 0.150 e. The van der Waals surface area contributed by atoms with Crippen LogP contribution in [0.3, 0.4) is 0 Å². The van der Waals surface area contributed by atoms with Crippen LogP contribution in [0.15, 0.2) is 86.0 Å². The molecule has 6 heteroatoms. The van der Waals surface area contributed by atoms with Gasteiger partial charge in [-0.1, -0.05) is 48.5 Å². The molecule has 4 rings (SSSR count). The van der Waals surface area contributed by atoms with Gasteiger partial charge < -0.3 is 14.2 Å². The third-order valence-corrected chi connectivity index (χ3v) is 4.17. The number of aldehydes is 1. The lowest BCUT2D eigenvalue weighted by Gasteiger charge is -2.03. The van der Waals surface area contributed by atoms with E-state index in [4.69, 9.17) is 5.11 Å². The van der Waals surface area contributed by atoms with Crippen LogP contribution in [0.25, 0.3) is 0 Å². The van der Waals surface area contributed by atoms with Crippen LogP contribution in [0.1, 0.15) is 27.0 Å². The van der Waals surface area contributed by atoms with Crippen molar-refractivity contribution in [3.05, 3.63) is 108 Å². The lowest BCUT2D eigenvalue weighted by molar-refractivity contribution is 0.112. The number of hydrogen-bond acceptors (Lipinski definition) is 4. The number of carbonyl (C=O) groups is 1. The van der Waals surface area contributed by atoms with Crippen LogP contribution in [0.2, 0.25) is 0 Å². The van der Waals surface area contributed by atoms with Gasteiger partial charge in [-0.2, -0.15) is 0 Å². The maximum atomic E-state index is 10.4. The number of aliphatic hydroxyl groups excluding tert-OH is 1.